The van der Waals surface area contributed by atoms with Crippen LogP contribution < -0.4 is 10.1 Å². The highest BCUT2D eigenvalue weighted by molar-refractivity contribution is 7.89. The Hall–Kier alpha value is -3.13. The quantitative estimate of drug-likeness (QED) is 0.573. The van der Waals surface area contributed by atoms with Gasteiger partial charge in [0.15, 0.2) is 11.5 Å². The number of benzene rings is 2. The van der Waals surface area contributed by atoms with Gasteiger partial charge in [-0.1, -0.05) is 42.0 Å². The van der Waals surface area contributed by atoms with Crippen LogP contribution in [0.5, 0.6) is 0 Å². The number of aliphatic hydroxyl groups is 1. The lowest BCUT2D eigenvalue weighted by atomic mass is 10.1. The van der Waals surface area contributed by atoms with Crippen molar-refractivity contribution in [3.05, 3.63) is 70.9 Å². The zero-order chi connectivity index (χ0) is 18.0. The van der Waals surface area contributed by atoms with Gasteiger partial charge in [-0.25, -0.2) is 13.8 Å². The van der Waals surface area contributed by atoms with Gasteiger partial charge in [0.1, 0.15) is 0 Å². The molecule has 0 saturated heterocycles. The van der Waals surface area contributed by atoms with E-state index in [1.807, 2.05) is 31.2 Å². The molecule has 2 aromatic carbocycles. The molecular formula is C17H15N3O4S. The molecule has 25 heavy (non-hydrogen) atoms. The number of carbonyl (C=O) groups is 1. The van der Waals surface area contributed by atoms with Gasteiger partial charge in [-0.05, 0) is 24.6 Å². The number of hydrazone groups is 1. The lowest BCUT2D eigenvalue weighted by Crippen LogP contribution is -2.37. The molecule has 0 aliphatic carbocycles. The van der Waals surface area contributed by atoms with Crippen molar-refractivity contribution >= 4 is 27.9 Å². The molecule has 0 radical (unpaired) electrons. The van der Waals surface area contributed by atoms with Gasteiger partial charge in [0.2, 0.25) is 0 Å². The summed E-state index contributed by atoms with van der Waals surface area (Å²) in [5.41, 5.74) is 3.64. The summed E-state index contributed by atoms with van der Waals surface area (Å²) < 4.78 is 26.4. The second kappa shape index (κ2) is 6.40. The highest BCUT2D eigenvalue weighted by atomic mass is 32.2. The van der Waals surface area contributed by atoms with E-state index in [4.69, 9.17) is 0 Å². The molecule has 0 saturated carbocycles. The number of nitrogens with one attached hydrogen (secondary N) is 2. The van der Waals surface area contributed by atoms with Crippen molar-refractivity contribution in [2.24, 2.45) is 5.10 Å². The van der Waals surface area contributed by atoms with Crippen LogP contribution >= 0.6 is 0 Å². The summed E-state index contributed by atoms with van der Waals surface area (Å²) in [6.07, 6.45) is 1.42. The Morgan fingerprint density at radius 2 is 1.84 bits per heavy atom. The Morgan fingerprint density at radius 1 is 1.16 bits per heavy atom. The monoisotopic (exact) mass is 357 g/mol. The molecule has 1 aliphatic heterocycles. The van der Waals surface area contributed by atoms with E-state index < -0.39 is 27.4 Å². The summed E-state index contributed by atoms with van der Waals surface area (Å²) in [5, 5.41) is 14.0. The zero-order valence-electron chi connectivity index (χ0n) is 13.2. The number of aliphatic hydroxyl groups excluding tert-OH is 1. The molecule has 1 amide bonds. The number of hydrogen-bond acceptors (Lipinski definition) is 5. The zero-order valence-corrected chi connectivity index (χ0v) is 14.0. The first-order valence-electron chi connectivity index (χ1n) is 7.34. The summed E-state index contributed by atoms with van der Waals surface area (Å²) in [6.45, 7) is 1.95. The van der Waals surface area contributed by atoms with Crippen LogP contribution in [0, 0.1) is 6.92 Å². The van der Waals surface area contributed by atoms with Gasteiger partial charge >= 0.3 is 0 Å². The number of carbonyl (C=O) groups excluding carboxylic acids is 1. The number of fused-ring (bicyclic) bond motifs is 1. The molecule has 7 nitrogen and oxygen atoms in total. The van der Waals surface area contributed by atoms with Crippen molar-refractivity contribution in [1.82, 2.24) is 10.1 Å². The van der Waals surface area contributed by atoms with Crippen LogP contribution in [0.3, 0.4) is 0 Å². The average Bonchev–Trinajstić information content (AvgIpc) is 2.60. The third kappa shape index (κ3) is 3.38. The number of hydrogen-bond donors (Lipinski definition) is 3. The van der Waals surface area contributed by atoms with Gasteiger partial charge in [-0.2, -0.15) is 5.10 Å². The molecule has 3 rings (SSSR count). The SMILES string of the molecule is Cc1ccc(/C=N/NC(=O)C2=C(O)c3ccccc3S(=O)(=O)N2)cc1. The molecule has 0 spiro atoms. The fraction of sp³-hybridized carbons (Fsp3) is 0.0588. The van der Waals surface area contributed by atoms with Gasteiger partial charge in [0, 0.05) is 5.56 Å². The van der Waals surface area contributed by atoms with E-state index in [0.29, 0.717) is 0 Å². The Kier molecular flexibility index (Phi) is 4.28. The Bertz CT molecular complexity index is 993. The molecule has 8 heteroatoms. The molecule has 0 aromatic heterocycles. The van der Waals surface area contributed by atoms with Crippen LogP contribution in [0.4, 0.5) is 0 Å². The normalized spacial score (nSPS) is 15.6. The first kappa shape index (κ1) is 16.7. The number of sulfonamides is 1. The molecule has 1 aliphatic rings. The van der Waals surface area contributed by atoms with Crippen molar-refractivity contribution in [2.75, 3.05) is 0 Å². The summed E-state index contributed by atoms with van der Waals surface area (Å²) in [5.74, 6) is -1.31. The Balaban J connectivity index is 1.84. The van der Waals surface area contributed by atoms with E-state index in [0.717, 1.165) is 11.1 Å². The predicted molar refractivity (Wildman–Crippen MR) is 93.2 cm³/mol. The Morgan fingerprint density at radius 3 is 2.56 bits per heavy atom. The van der Waals surface area contributed by atoms with Crippen LogP contribution in [0.2, 0.25) is 0 Å². The van der Waals surface area contributed by atoms with Crippen molar-refractivity contribution in [3.8, 4) is 0 Å². The van der Waals surface area contributed by atoms with Crippen LogP contribution in [-0.2, 0) is 14.8 Å². The average molecular weight is 357 g/mol. The van der Waals surface area contributed by atoms with Gasteiger partial charge in [0.05, 0.1) is 11.1 Å². The third-order valence-corrected chi connectivity index (χ3v) is 5.00. The van der Waals surface area contributed by atoms with Gasteiger partial charge in [-0.15, -0.1) is 0 Å². The molecule has 3 N–H and O–H groups in total. The Labute approximate surface area is 144 Å². The van der Waals surface area contributed by atoms with Gasteiger partial charge in [0.25, 0.3) is 15.9 Å². The van der Waals surface area contributed by atoms with Crippen LogP contribution in [0.1, 0.15) is 16.7 Å². The minimum atomic E-state index is -3.93. The van der Waals surface area contributed by atoms with Gasteiger partial charge < -0.3 is 5.11 Å². The molecule has 0 unspecified atom stereocenters. The van der Waals surface area contributed by atoms with E-state index in [-0.39, 0.29) is 10.5 Å². The van der Waals surface area contributed by atoms with E-state index in [9.17, 15) is 18.3 Å². The highest BCUT2D eigenvalue weighted by Gasteiger charge is 2.32. The molecule has 0 fully saturated rings. The van der Waals surface area contributed by atoms with E-state index in [1.165, 1.54) is 24.4 Å². The van der Waals surface area contributed by atoms with Crippen molar-refractivity contribution in [1.29, 1.82) is 0 Å². The van der Waals surface area contributed by atoms with E-state index in [1.54, 1.807) is 6.07 Å². The van der Waals surface area contributed by atoms with Crippen LogP contribution in [0.15, 0.2) is 64.2 Å². The number of amides is 1. The van der Waals surface area contributed by atoms with Crippen molar-refractivity contribution in [3.63, 3.8) is 0 Å². The standard InChI is InChI=1S/C17H15N3O4S/c1-11-6-8-12(9-7-11)10-18-19-17(22)15-16(21)13-4-2-3-5-14(13)25(23,24)20-15/h2-10,20-21H,1H3,(H,19,22)/b18-10+. The number of rotatable bonds is 3. The number of nitrogens with zero attached hydrogens (tertiary/aromatic N) is 1. The molecule has 1 heterocycles. The van der Waals surface area contributed by atoms with Crippen molar-refractivity contribution in [2.45, 2.75) is 11.8 Å². The maximum atomic E-state index is 12.2. The van der Waals surface area contributed by atoms with E-state index >= 15 is 0 Å². The lowest BCUT2D eigenvalue weighted by molar-refractivity contribution is -0.117. The number of aryl methyl sites for hydroxylation is 1. The second-order valence-corrected chi connectivity index (χ2v) is 7.09. The fourth-order valence-corrected chi connectivity index (χ4v) is 3.58. The highest BCUT2D eigenvalue weighted by Crippen LogP contribution is 2.28. The summed E-state index contributed by atoms with van der Waals surface area (Å²) in [6, 6.07) is 13.3. The summed E-state index contributed by atoms with van der Waals surface area (Å²) in [7, 11) is -3.93. The molecule has 0 atom stereocenters. The second-order valence-electron chi connectivity index (χ2n) is 5.44. The molecule has 0 bridgehead atoms. The smallest absolute Gasteiger partial charge is 0.292 e. The van der Waals surface area contributed by atoms with Gasteiger partial charge in [-0.3, -0.25) is 9.52 Å². The maximum Gasteiger partial charge on any atom is 0.292 e. The van der Waals surface area contributed by atoms with Crippen LogP contribution in [-0.4, -0.2) is 25.6 Å². The fourth-order valence-electron chi connectivity index (χ4n) is 2.30. The molecular weight excluding hydrogens is 342 g/mol. The summed E-state index contributed by atoms with van der Waals surface area (Å²) >= 11 is 0. The predicted octanol–water partition coefficient (Wildman–Crippen LogP) is 1.66. The largest absolute Gasteiger partial charge is 0.505 e. The maximum absolute atomic E-state index is 12.2. The third-order valence-electron chi connectivity index (χ3n) is 3.59. The minimum Gasteiger partial charge on any atom is -0.505 e. The lowest BCUT2D eigenvalue weighted by Gasteiger charge is -2.20. The molecule has 2 aromatic rings. The molecule has 128 valence electrons. The van der Waals surface area contributed by atoms with Crippen molar-refractivity contribution < 1.29 is 18.3 Å². The first-order chi connectivity index (χ1) is 11.9. The first-order valence-corrected chi connectivity index (χ1v) is 8.82. The summed E-state index contributed by atoms with van der Waals surface area (Å²) in [4.78, 5) is 12.1. The topological polar surface area (TPSA) is 108 Å². The minimum absolute atomic E-state index is 0.0638. The van der Waals surface area contributed by atoms with E-state index in [2.05, 4.69) is 15.2 Å². The van der Waals surface area contributed by atoms with Crippen LogP contribution in [0.25, 0.3) is 5.76 Å².